The van der Waals surface area contributed by atoms with E-state index >= 15 is 0 Å². The van der Waals surface area contributed by atoms with Crippen LogP contribution in [-0.2, 0) is 4.74 Å². The maximum Gasteiger partial charge on any atom is 0.573 e. The van der Waals surface area contributed by atoms with Crippen molar-refractivity contribution in [2.75, 3.05) is 6.61 Å². The van der Waals surface area contributed by atoms with Crippen LogP contribution < -0.4 is 16.0 Å². The number of nitrogens with one attached hydrogen (secondary N) is 1. The number of ether oxygens (including phenoxy) is 2. The third-order valence-corrected chi connectivity index (χ3v) is 2.95. The van der Waals surface area contributed by atoms with Gasteiger partial charge in [0.05, 0.1) is 18.9 Å². The van der Waals surface area contributed by atoms with Gasteiger partial charge in [-0.1, -0.05) is 12.1 Å². The summed E-state index contributed by atoms with van der Waals surface area (Å²) >= 11 is 0. The first-order chi connectivity index (χ1) is 9.49. The highest BCUT2D eigenvalue weighted by Gasteiger charge is 2.31. The Kier molecular flexibility index (Phi) is 4.51. The second-order valence-electron chi connectivity index (χ2n) is 4.38. The van der Waals surface area contributed by atoms with Crippen molar-refractivity contribution in [1.82, 2.24) is 5.43 Å². The second-order valence-corrected chi connectivity index (χ2v) is 4.38. The molecule has 4 nitrogen and oxygen atoms in total. The first-order valence-corrected chi connectivity index (χ1v) is 6.12. The van der Waals surface area contributed by atoms with Crippen LogP contribution in [0.15, 0.2) is 36.1 Å². The fourth-order valence-electron chi connectivity index (χ4n) is 2.08. The maximum absolute atomic E-state index is 12.1. The molecule has 0 bridgehead atoms. The summed E-state index contributed by atoms with van der Waals surface area (Å²) < 4.78 is 45.3. The molecule has 1 aliphatic heterocycles. The highest BCUT2D eigenvalue weighted by atomic mass is 19.4. The lowest BCUT2D eigenvalue weighted by Crippen LogP contribution is -2.30. The van der Waals surface area contributed by atoms with Gasteiger partial charge in [-0.2, -0.15) is 0 Å². The predicted octanol–water partition coefficient (Wildman–Crippen LogP) is 2.78. The van der Waals surface area contributed by atoms with Gasteiger partial charge < -0.3 is 9.47 Å². The molecule has 0 saturated carbocycles. The van der Waals surface area contributed by atoms with Gasteiger partial charge in [0.2, 0.25) is 0 Å². The highest BCUT2D eigenvalue weighted by molar-refractivity contribution is 5.33. The van der Waals surface area contributed by atoms with Crippen molar-refractivity contribution in [3.63, 3.8) is 0 Å². The minimum atomic E-state index is -4.69. The van der Waals surface area contributed by atoms with Gasteiger partial charge in [0, 0.05) is 0 Å². The molecule has 1 aromatic rings. The van der Waals surface area contributed by atoms with Gasteiger partial charge in [-0.15, -0.1) is 13.2 Å². The summed E-state index contributed by atoms with van der Waals surface area (Å²) in [5, 5.41) is 0. The lowest BCUT2D eigenvalue weighted by Gasteiger charge is -2.23. The van der Waals surface area contributed by atoms with Crippen molar-refractivity contribution in [3.8, 4) is 5.75 Å². The monoisotopic (exact) mass is 288 g/mol. The van der Waals surface area contributed by atoms with Crippen molar-refractivity contribution < 1.29 is 22.6 Å². The lowest BCUT2D eigenvalue weighted by molar-refractivity contribution is -0.274. The number of nitrogens with two attached hydrogens (primary N) is 1. The summed E-state index contributed by atoms with van der Waals surface area (Å²) in [4.78, 5) is 0. The zero-order valence-electron chi connectivity index (χ0n) is 10.6. The first-order valence-electron chi connectivity index (χ1n) is 6.12. The number of hydrogen-bond donors (Lipinski definition) is 2. The normalized spacial score (nSPS) is 17.1. The van der Waals surface area contributed by atoms with Gasteiger partial charge in [-0.3, -0.25) is 5.84 Å². The number of hydrazine groups is 1. The van der Waals surface area contributed by atoms with E-state index in [4.69, 9.17) is 10.6 Å². The van der Waals surface area contributed by atoms with E-state index in [1.807, 2.05) is 0 Å². The van der Waals surface area contributed by atoms with Gasteiger partial charge in [0.25, 0.3) is 0 Å². The van der Waals surface area contributed by atoms with Crippen molar-refractivity contribution in [2.45, 2.75) is 25.2 Å². The summed E-state index contributed by atoms with van der Waals surface area (Å²) in [5.41, 5.74) is 4.35. The average molecular weight is 288 g/mol. The zero-order valence-corrected chi connectivity index (χ0v) is 10.6. The van der Waals surface area contributed by atoms with Crippen LogP contribution in [0, 0.1) is 0 Å². The molecule has 0 radical (unpaired) electrons. The van der Waals surface area contributed by atoms with E-state index in [1.165, 1.54) is 12.1 Å². The Balaban J connectivity index is 2.13. The summed E-state index contributed by atoms with van der Waals surface area (Å²) in [6, 6.07) is 5.33. The average Bonchev–Trinajstić information content (AvgIpc) is 2.41. The van der Waals surface area contributed by atoms with Crippen LogP contribution in [0.3, 0.4) is 0 Å². The van der Waals surface area contributed by atoms with Crippen molar-refractivity contribution >= 4 is 0 Å². The minimum absolute atomic E-state index is 0.258. The van der Waals surface area contributed by atoms with Crippen molar-refractivity contribution in [1.29, 1.82) is 0 Å². The van der Waals surface area contributed by atoms with Crippen LogP contribution in [0.2, 0.25) is 0 Å². The van der Waals surface area contributed by atoms with E-state index in [0.717, 1.165) is 24.0 Å². The fraction of sp³-hybridized carbons (Fsp3) is 0.385. The van der Waals surface area contributed by atoms with E-state index in [1.54, 1.807) is 18.4 Å². The highest BCUT2D eigenvalue weighted by Crippen LogP contribution is 2.29. The van der Waals surface area contributed by atoms with Crippen molar-refractivity contribution in [3.05, 3.63) is 41.7 Å². The van der Waals surface area contributed by atoms with Crippen LogP contribution in [0.1, 0.15) is 24.4 Å². The van der Waals surface area contributed by atoms with Gasteiger partial charge in [0.1, 0.15) is 5.75 Å². The summed E-state index contributed by atoms with van der Waals surface area (Å²) in [6.45, 7) is 0.666. The largest absolute Gasteiger partial charge is 0.573 e. The molecule has 1 aliphatic rings. The lowest BCUT2D eigenvalue weighted by atomic mass is 9.96. The summed E-state index contributed by atoms with van der Waals surface area (Å²) in [6.07, 6.45) is -1.32. The molecule has 1 atom stereocenters. The van der Waals surface area contributed by atoms with Gasteiger partial charge >= 0.3 is 6.36 Å². The molecule has 0 fully saturated rings. The van der Waals surface area contributed by atoms with Crippen molar-refractivity contribution in [2.24, 2.45) is 5.84 Å². The van der Waals surface area contributed by atoms with Crippen LogP contribution in [0.25, 0.3) is 0 Å². The van der Waals surface area contributed by atoms with E-state index in [9.17, 15) is 13.2 Å². The molecule has 0 aromatic heterocycles. The van der Waals surface area contributed by atoms with E-state index in [-0.39, 0.29) is 11.8 Å². The predicted molar refractivity (Wildman–Crippen MR) is 66.5 cm³/mol. The molecule has 0 spiro atoms. The maximum atomic E-state index is 12.1. The molecule has 0 saturated heterocycles. The van der Waals surface area contributed by atoms with Crippen LogP contribution in [-0.4, -0.2) is 13.0 Å². The fourth-order valence-corrected chi connectivity index (χ4v) is 2.08. The minimum Gasteiger partial charge on any atom is -0.501 e. The molecule has 1 aromatic carbocycles. The van der Waals surface area contributed by atoms with E-state index < -0.39 is 6.36 Å². The van der Waals surface area contributed by atoms with Crippen LogP contribution >= 0.6 is 0 Å². The molecule has 0 amide bonds. The molecule has 0 aliphatic carbocycles. The number of alkyl halides is 3. The Hall–Kier alpha value is -1.73. The van der Waals surface area contributed by atoms with E-state index in [2.05, 4.69) is 10.2 Å². The second kappa shape index (κ2) is 6.15. The Morgan fingerprint density at radius 3 is 2.45 bits per heavy atom. The molecule has 110 valence electrons. The zero-order chi connectivity index (χ0) is 14.6. The topological polar surface area (TPSA) is 56.5 Å². The Bertz CT molecular complexity index is 471. The van der Waals surface area contributed by atoms with Crippen LogP contribution in [0.5, 0.6) is 5.75 Å². The summed E-state index contributed by atoms with van der Waals surface area (Å²) in [5.74, 6) is 5.26. The first kappa shape index (κ1) is 14.7. The van der Waals surface area contributed by atoms with Crippen LogP contribution in [0.4, 0.5) is 13.2 Å². The smallest absolute Gasteiger partial charge is 0.501 e. The third-order valence-electron chi connectivity index (χ3n) is 2.95. The molecule has 20 heavy (non-hydrogen) atoms. The third kappa shape index (κ3) is 3.88. The van der Waals surface area contributed by atoms with E-state index in [0.29, 0.717) is 6.61 Å². The number of halogens is 3. The van der Waals surface area contributed by atoms with Gasteiger partial charge in [0.15, 0.2) is 0 Å². The standard InChI is InChI=1S/C13H15F3N2O2/c14-13(15,16)20-11-5-3-9(4-6-11)12(18-17)10-2-1-7-19-8-10/h3-6,8,12,18H,1-2,7,17H2. The molecule has 1 unspecified atom stereocenters. The molecule has 3 N–H and O–H groups in total. The Morgan fingerprint density at radius 2 is 1.95 bits per heavy atom. The quantitative estimate of drug-likeness (QED) is 0.661. The molecular weight excluding hydrogens is 273 g/mol. The summed E-state index contributed by atoms with van der Waals surface area (Å²) in [7, 11) is 0. The number of rotatable bonds is 4. The van der Waals surface area contributed by atoms with Gasteiger partial charge in [-0.05, 0) is 36.1 Å². The van der Waals surface area contributed by atoms with Gasteiger partial charge in [-0.25, -0.2) is 5.43 Å². The SMILES string of the molecule is NNC(C1=COCCC1)c1ccc(OC(F)(F)F)cc1. The molecular formula is C13H15F3N2O2. The Morgan fingerprint density at radius 1 is 1.25 bits per heavy atom. The molecule has 7 heteroatoms. The Labute approximate surface area is 114 Å². The number of benzene rings is 1. The molecule has 1 heterocycles. The number of hydrogen-bond acceptors (Lipinski definition) is 4. The molecule has 2 rings (SSSR count).